The van der Waals surface area contributed by atoms with E-state index in [1.54, 1.807) is 0 Å². The van der Waals surface area contributed by atoms with E-state index in [1.165, 1.54) is 18.5 Å². The van der Waals surface area contributed by atoms with E-state index in [-0.39, 0.29) is 0 Å². The molecule has 90 valence electrons. The molecule has 0 spiro atoms. The number of hydrogen-bond acceptors (Lipinski definition) is 3. The van der Waals surface area contributed by atoms with Crippen molar-refractivity contribution in [2.75, 3.05) is 24.5 Å². The summed E-state index contributed by atoms with van der Waals surface area (Å²) in [6, 6.07) is 0.642. The van der Waals surface area contributed by atoms with Crippen LogP contribution >= 0.6 is 0 Å². The summed E-state index contributed by atoms with van der Waals surface area (Å²) in [7, 11) is 0. The number of hydrogen-bond donors (Lipinski definition) is 1. The van der Waals surface area contributed by atoms with E-state index >= 15 is 0 Å². The summed E-state index contributed by atoms with van der Waals surface area (Å²) in [5, 5.41) is 7.91. The van der Waals surface area contributed by atoms with Gasteiger partial charge in [0.25, 0.3) is 0 Å². The van der Waals surface area contributed by atoms with Crippen LogP contribution in [0.25, 0.3) is 0 Å². The number of anilines is 1. The molecule has 1 aromatic rings. The fraction of sp³-hybridized carbons (Fsp3) is 0.750. The Morgan fingerprint density at radius 1 is 1.50 bits per heavy atom. The lowest BCUT2D eigenvalue weighted by Gasteiger charge is -2.34. The Kier molecular flexibility index (Phi) is 3.83. The van der Waals surface area contributed by atoms with Crippen LogP contribution < -0.4 is 10.2 Å². The van der Waals surface area contributed by atoms with Crippen LogP contribution in [-0.2, 0) is 6.54 Å². The second-order valence-corrected chi connectivity index (χ2v) is 4.44. The van der Waals surface area contributed by atoms with Crippen LogP contribution in [0, 0.1) is 0 Å². The Hall–Kier alpha value is -1.03. The fourth-order valence-corrected chi connectivity index (χ4v) is 2.29. The van der Waals surface area contributed by atoms with Crippen LogP contribution in [0.4, 0.5) is 5.69 Å². The molecule has 0 amide bonds. The van der Waals surface area contributed by atoms with Crippen LogP contribution in [0.2, 0.25) is 0 Å². The third kappa shape index (κ3) is 2.55. The maximum atomic E-state index is 4.34. The average Bonchev–Trinajstić information content (AvgIpc) is 2.78. The van der Waals surface area contributed by atoms with Crippen LogP contribution in [0.5, 0.6) is 0 Å². The Morgan fingerprint density at radius 3 is 3.06 bits per heavy atom. The second-order valence-electron chi connectivity index (χ2n) is 4.44. The predicted molar refractivity (Wildman–Crippen MR) is 66.8 cm³/mol. The van der Waals surface area contributed by atoms with Gasteiger partial charge >= 0.3 is 0 Å². The van der Waals surface area contributed by atoms with E-state index in [1.807, 2.05) is 10.9 Å². The Labute approximate surface area is 97.6 Å². The van der Waals surface area contributed by atoms with Gasteiger partial charge in [-0.3, -0.25) is 4.68 Å². The molecule has 1 atom stereocenters. The zero-order valence-corrected chi connectivity index (χ0v) is 10.3. The summed E-state index contributed by atoms with van der Waals surface area (Å²) >= 11 is 0. The van der Waals surface area contributed by atoms with Gasteiger partial charge < -0.3 is 10.2 Å². The molecule has 0 aromatic carbocycles. The standard InChI is InChI=1S/C12H22N4/c1-3-5-11-9-15(7-6-13-11)12-8-14-16(4-2)10-12/h8,10-11,13H,3-7,9H2,1-2H3. The molecule has 16 heavy (non-hydrogen) atoms. The first-order valence-electron chi connectivity index (χ1n) is 6.34. The van der Waals surface area contributed by atoms with E-state index in [4.69, 9.17) is 0 Å². The van der Waals surface area contributed by atoms with Gasteiger partial charge in [0.05, 0.1) is 11.9 Å². The van der Waals surface area contributed by atoms with Gasteiger partial charge in [0.15, 0.2) is 0 Å². The van der Waals surface area contributed by atoms with Crippen molar-refractivity contribution in [1.29, 1.82) is 0 Å². The topological polar surface area (TPSA) is 33.1 Å². The van der Waals surface area contributed by atoms with E-state index in [2.05, 4.69) is 35.4 Å². The summed E-state index contributed by atoms with van der Waals surface area (Å²) in [6.07, 6.45) is 6.64. The summed E-state index contributed by atoms with van der Waals surface area (Å²) in [4.78, 5) is 2.44. The molecule has 0 saturated carbocycles. The van der Waals surface area contributed by atoms with Crippen molar-refractivity contribution in [3.05, 3.63) is 12.4 Å². The van der Waals surface area contributed by atoms with Crippen LogP contribution in [0.15, 0.2) is 12.4 Å². The largest absolute Gasteiger partial charge is 0.366 e. The van der Waals surface area contributed by atoms with Crippen LogP contribution in [0.1, 0.15) is 26.7 Å². The molecule has 1 aromatic heterocycles. The Bertz CT molecular complexity index is 319. The number of piperazine rings is 1. The third-order valence-electron chi connectivity index (χ3n) is 3.20. The van der Waals surface area contributed by atoms with E-state index in [0.29, 0.717) is 6.04 Å². The summed E-state index contributed by atoms with van der Waals surface area (Å²) < 4.78 is 1.99. The van der Waals surface area contributed by atoms with Crippen molar-refractivity contribution in [2.45, 2.75) is 39.3 Å². The fourth-order valence-electron chi connectivity index (χ4n) is 2.29. The molecule has 4 nitrogen and oxygen atoms in total. The van der Waals surface area contributed by atoms with Gasteiger partial charge in [-0.15, -0.1) is 0 Å². The van der Waals surface area contributed by atoms with Crippen LogP contribution in [-0.4, -0.2) is 35.5 Å². The summed E-state index contributed by atoms with van der Waals surface area (Å²) in [5.74, 6) is 0. The van der Waals surface area contributed by atoms with Crippen molar-refractivity contribution in [1.82, 2.24) is 15.1 Å². The highest BCUT2D eigenvalue weighted by Gasteiger charge is 2.19. The maximum Gasteiger partial charge on any atom is 0.0753 e. The average molecular weight is 222 g/mol. The highest BCUT2D eigenvalue weighted by molar-refractivity contribution is 5.43. The molecular formula is C12H22N4. The highest BCUT2D eigenvalue weighted by atomic mass is 15.3. The zero-order valence-electron chi connectivity index (χ0n) is 10.3. The number of aryl methyl sites for hydroxylation is 1. The van der Waals surface area contributed by atoms with Gasteiger partial charge in [0.2, 0.25) is 0 Å². The molecule has 1 unspecified atom stereocenters. The number of aromatic nitrogens is 2. The monoisotopic (exact) mass is 222 g/mol. The predicted octanol–water partition coefficient (Wildman–Crippen LogP) is 1.48. The lowest BCUT2D eigenvalue weighted by molar-refractivity contribution is 0.431. The maximum absolute atomic E-state index is 4.34. The first-order valence-corrected chi connectivity index (χ1v) is 6.34. The van der Waals surface area contributed by atoms with Crippen molar-refractivity contribution in [3.8, 4) is 0 Å². The Morgan fingerprint density at radius 2 is 2.38 bits per heavy atom. The minimum Gasteiger partial charge on any atom is -0.366 e. The first-order chi connectivity index (χ1) is 7.83. The molecular weight excluding hydrogens is 200 g/mol. The molecule has 4 heteroatoms. The molecule has 2 rings (SSSR count). The van der Waals surface area contributed by atoms with Gasteiger partial charge in [-0.05, 0) is 13.3 Å². The lowest BCUT2D eigenvalue weighted by Crippen LogP contribution is -2.50. The summed E-state index contributed by atoms with van der Waals surface area (Å²) in [5.41, 5.74) is 1.27. The minimum absolute atomic E-state index is 0.642. The molecule has 1 aliphatic rings. The minimum atomic E-state index is 0.642. The lowest BCUT2D eigenvalue weighted by atomic mass is 10.1. The molecule has 1 saturated heterocycles. The SMILES string of the molecule is CCCC1CN(c2cnn(CC)c2)CCN1. The van der Waals surface area contributed by atoms with Crippen molar-refractivity contribution in [3.63, 3.8) is 0 Å². The van der Waals surface area contributed by atoms with E-state index in [9.17, 15) is 0 Å². The molecule has 1 N–H and O–H groups in total. The number of nitrogens with one attached hydrogen (secondary N) is 1. The molecule has 2 heterocycles. The quantitative estimate of drug-likeness (QED) is 0.837. The van der Waals surface area contributed by atoms with Crippen molar-refractivity contribution in [2.24, 2.45) is 0 Å². The Balaban J connectivity index is 1.98. The van der Waals surface area contributed by atoms with Crippen molar-refractivity contribution < 1.29 is 0 Å². The van der Waals surface area contributed by atoms with E-state index < -0.39 is 0 Å². The van der Waals surface area contributed by atoms with Gasteiger partial charge in [-0.25, -0.2) is 0 Å². The molecule has 0 radical (unpaired) electrons. The highest BCUT2D eigenvalue weighted by Crippen LogP contribution is 2.16. The second kappa shape index (κ2) is 5.34. The third-order valence-corrected chi connectivity index (χ3v) is 3.20. The van der Waals surface area contributed by atoms with Gasteiger partial charge in [-0.2, -0.15) is 5.10 Å². The molecule has 0 bridgehead atoms. The first kappa shape index (κ1) is 11.5. The van der Waals surface area contributed by atoms with Gasteiger partial charge in [0, 0.05) is 38.4 Å². The molecule has 1 fully saturated rings. The van der Waals surface area contributed by atoms with Gasteiger partial charge in [-0.1, -0.05) is 13.3 Å². The normalized spacial score (nSPS) is 21.4. The molecule has 0 aliphatic carbocycles. The molecule has 1 aliphatic heterocycles. The van der Waals surface area contributed by atoms with E-state index in [0.717, 1.165) is 26.2 Å². The van der Waals surface area contributed by atoms with Crippen LogP contribution in [0.3, 0.4) is 0 Å². The van der Waals surface area contributed by atoms with Gasteiger partial charge in [0.1, 0.15) is 0 Å². The number of rotatable bonds is 4. The summed E-state index contributed by atoms with van der Waals surface area (Å²) in [6.45, 7) is 8.61. The number of nitrogens with zero attached hydrogens (tertiary/aromatic N) is 3. The zero-order chi connectivity index (χ0) is 11.4. The van der Waals surface area contributed by atoms with Crippen molar-refractivity contribution >= 4 is 5.69 Å². The smallest absolute Gasteiger partial charge is 0.0753 e.